The van der Waals surface area contributed by atoms with Crippen LogP contribution in [0.2, 0.25) is 0 Å². The van der Waals surface area contributed by atoms with Crippen molar-refractivity contribution in [3.8, 4) is 0 Å². The monoisotopic (exact) mass is 611 g/mol. The first kappa shape index (κ1) is 33.4. The van der Waals surface area contributed by atoms with Gasteiger partial charge in [-0.1, -0.05) is 29.1 Å². The fourth-order valence-electron chi connectivity index (χ4n) is 2.97. The van der Waals surface area contributed by atoms with E-state index in [2.05, 4.69) is 25.2 Å². The predicted octanol–water partition coefficient (Wildman–Crippen LogP) is 6.03. The lowest BCUT2D eigenvalue weighted by molar-refractivity contribution is -0.201. The zero-order valence-electron chi connectivity index (χ0n) is 20.3. The maximum Gasteiger partial charge on any atom is 0.415 e. The third-order valence-electron chi connectivity index (χ3n) is 4.65. The van der Waals surface area contributed by atoms with Gasteiger partial charge < -0.3 is 9.64 Å². The lowest BCUT2D eigenvalue weighted by Crippen LogP contribution is -2.34. The van der Waals surface area contributed by atoms with Crippen molar-refractivity contribution in [2.45, 2.75) is 45.8 Å². The van der Waals surface area contributed by atoms with E-state index in [1.165, 1.54) is 12.1 Å². The number of alkyl halides is 2. The van der Waals surface area contributed by atoms with Gasteiger partial charge in [-0.3, -0.25) is 4.72 Å². The Bertz CT molecular complexity index is 1210. The fraction of sp³-hybridized carbons (Fsp3) is 0.500. The second kappa shape index (κ2) is 15.1. The number of azo groups is 1. The van der Waals surface area contributed by atoms with Gasteiger partial charge in [-0.05, 0) is 37.5 Å². The normalized spacial score (nSPS) is 15.1. The third-order valence-corrected chi connectivity index (χ3v) is 5.90. The number of hydrogen-bond donors (Lipinski definition) is 2. The average Bonchev–Trinajstić information content (AvgIpc) is 3.30. The molecule has 0 radical (unpaired) electrons. The van der Waals surface area contributed by atoms with Gasteiger partial charge in [0.2, 0.25) is 5.01 Å². The minimum atomic E-state index is -5.13. The lowest BCUT2D eigenvalue weighted by atomic mass is 9.96. The number of anilines is 2. The maximum absolute atomic E-state index is 13.3. The van der Waals surface area contributed by atoms with E-state index in [1.54, 1.807) is 4.72 Å². The van der Waals surface area contributed by atoms with Crippen LogP contribution in [0.3, 0.4) is 0 Å². The number of benzene rings is 1. The molecule has 20 heteroatoms. The van der Waals surface area contributed by atoms with Crippen molar-refractivity contribution in [3.63, 3.8) is 0 Å². The molecule has 0 spiro atoms. The van der Waals surface area contributed by atoms with Crippen LogP contribution in [0.5, 0.6) is 0 Å². The SMILES string of the molecule is CC.CC1CCc2cc(N=Nc3nnc(C(=O)OC(F)(F)CNF)s3)c(NS(=O)(=O)F)cc2N1C.FPF. The summed E-state index contributed by atoms with van der Waals surface area (Å²) in [6, 6.07) is 3.11. The molecule has 38 heavy (non-hydrogen) atoms. The van der Waals surface area contributed by atoms with Gasteiger partial charge in [-0.25, -0.2) is 4.79 Å². The predicted molar refractivity (Wildman–Crippen MR) is 132 cm³/mol. The molecule has 11 nitrogen and oxygen atoms in total. The van der Waals surface area contributed by atoms with E-state index in [0.29, 0.717) is 29.0 Å². The van der Waals surface area contributed by atoms with Gasteiger partial charge in [0, 0.05) is 18.8 Å². The minimum absolute atomic E-state index is 0.0437. The molecule has 0 aliphatic carbocycles. The molecular formula is C18H24F6N7O4PS2. The molecule has 1 atom stereocenters. The Balaban J connectivity index is 0.00000135. The van der Waals surface area contributed by atoms with Gasteiger partial charge in [-0.2, -0.15) is 25.6 Å². The number of aromatic nitrogens is 2. The average molecular weight is 612 g/mol. The highest BCUT2D eigenvalue weighted by molar-refractivity contribution is 7.87. The molecule has 1 aromatic carbocycles. The van der Waals surface area contributed by atoms with Crippen molar-refractivity contribution in [3.05, 3.63) is 22.7 Å². The molecule has 0 saturated heterocycles. The molecule has 1 unspecified atom stereocenters. The summed E-state index contributed by atoms with van der Waals surface area (Å²) in [6.45, 7) is 4.43. The van der Waals surface area contributed by atoms with Crippen LogP contribution >= 0.6 is 20.5 Å². The number of carbonyl (C=O) groups is 1. The van der Waals surface area contributed by atoms with Crippen LogP contribution in [0.15, 0.2) is 22.4 Å². The van der Waals surface area contributed by atoms with Gasteiger partial charge in [-0.15, -0.1) is 30.4 Å². The third kappa shape index (κ3) is 10.3. The van der Waals surface area contributed by atoms with Crippen LogP contribution in [0.1, 0.15) is 42.6 Å². The Labute approximate surface area is 220 Å². The van der Waals surface area contributed by atoms with E-state index in [0.717, 1.165) is 12.0 Å². The number of ether oxygens (including phenoxy) is 1. The molecule has 3 rings (SSSR count). The topological polar surface area (TPSA) is 138 Å². The molecular weight excluding hydrogens is 587 g/mol. The Hall–Kier alpha value is -2.63. The standard InChI is InChI=1S/C16H17F4N7O4S2.C2H6.F2HP/c1-8-3-4-9-5-10(11(26-33(20,29)30)6-12(9)27(8)2)22-24-15-25-23-13(32-15)14(28)31-16(17,18)7-21-19;1-2;1-3-2/h5-6,8,21,26H,3-4,7H2,1-2H3;1-2H3;3H. The first-order chi connectivity index (χ1) is 17.8. The van der Waals surface area contributed by atoms with Crippen molar-refractivity contribution in [1.29, 1.82) is 0 Å². The molecule has 2 aromatic rings. The summed E-state index contributed by atoms with van der Waals surface area (Å²) in [5.41, 5.74) is 1.95. The summed E-state index contributed by atoms with van der Waals surface area (Å²) in [5, 5.41) is 13.6. The molecule has 1 aliphatic heterocycles. The largest absolute Gasteiger partial charge is 0.415 e. The van der Waals surface area contributed by atoms with Crippen LogP contribution < -0.4 is 15.2 Å². The minimum Gasteiger partial charge on any atom is -0.394 e. The molecule has 1 aromatic heterocycles. The van der Waals surface area contributed by atoms with Crippen LogP contribution in [0.25, 0.3) is 0 Å². The Morgan fingerprint density at radius 3 is 2.50 bits per heavy atom. The number of hydrogen-bond acceptors (Lipinski definition) is 11. The van der Waals surface area contributed by atoms with Gasteiger partial charge >= 0.3 is 22.5 Å². The smallest absolute Gasteiger partial charge is 0.394 e. The summed E-state index contributed by atoms with van der Waals surface area (Å²) < 4.78 is 98.7. The van der Waals surface area contributed by atoms with E-state index >= 15 is 0 Å². The molecule has 214 valence electrons. The quantitative estimate of drug-likeness (QED) is 0.0921. The van der Waals surface area contributed by atoms with E-state index in [4.69, 9.17) is 0 Å². The maximum atomic E-state index is 13.3. The first-order valence-electron chi connectivity index (χ1n) is 10.6. The van der Waals surface area contributed by atoms with Gasteiger partial charge in [0.15, 0.2) is 0 Å². The summed E-state index contributed by atoms with van der Waals surface area (Å²) in [4.78, 5) is 13.6. The summed E-state index contributed by atoms with van der Waals surface area (Å²) in [7, 11) is -5.23. The molecule has 2 N–H and O–H groups in total. The number of nitrogens with zero attached hydrogens (tertiary/aromatic N) is 5. The summed E-state index contributed by atoms with van der Waals surface area (Å²) in [5.74, 6) is -1.56. The molecule has 0 bridgehead atoms. The van der Waals surface area contributed by atoms with Crippen molar-refractivity contribution in [2.75, 3.05) is 23.2 Å². The number of carbonyl (C=O) groups excluding carboxylic acids is 1. The Kier molecular flexibility index (Phi) is 13.3. The number of aryl methyl sites for hydroxylation is 1. The zero-order chi connectivity index (χ0) is 29.1. The van der Waals surface area contributed by atoms with E-state index < -0.39 is 43.2 Å². The number of nitrogens with one attached hydrogen (secondary N) is 2. The van der Waals surface area contributed by atoms with Crippen LogP contribution in [-0.4, -0.2) is 50.3 Å². The molecule has 1 aliphatic rings. The molecule has 0 amide bonds. The summed E-state index contributed by atoms with van der Waals surface area (Å²) in [6.07, 6.45) is -2.65. The number of halogens is 6. The van der Waals surface area contributed by atoms with Gasteiger partial charge in [0.1, 0.15) is 12.2 Å². The van der Waals surface area contributed by atoms with Gasteiger partial charge in [0.25, 0.3) is 14.3 Å². The molecule has 0 saturated carbocycles. The van der Waals surface area contributed by atoms with Crippen LogP contribution in [0, 0.1) is 0 Å². The van der Waals surface area contributed by atoms with Crippen molar-refractivity contribution < 1.29 is 43.5 Å². The number of fused-ring (bicyclic) bond motifs is 1. The Morgan fingerprint density at radius 2 is 1.92 bits per heavy atom. The highest BCUT2D eigenvalue weighted by Gasteiger charge is 2.35. The van der Waals surface area contributed by atoms with E-state index in [-0.39, 0.29) is 22.5 Å². The van der Waals surface area contributed by atoms with Crippen molar-refractivity contribution in [2.24, 2.45) is 10.2 Å². The molecule has 2 heterocycles. The zero-order valence-corrected chi connectivity index (χ0v) is 22.9. The molecule has 0 fully saturated rings. The summed E-state index contributed by atoms with van der Waals surface area (Å²) >= 11 is 0.442. The van der Waals surface area contributed by atoms with Crippen molar-refractivity contribution >= 4 is 59.1 Å². The Morgan fingerprint density at radius 1 is 1.29 bits per heavy atom. The van der Waals surface area contributed by atoms with E-state index in [1.807, 2.05) is 32.7 Å². The lowest BCUT2D eigenvalue weighted by Gasteiger charge is -2.34. The van der Waals surface area contributed by atoms with Crippen molar-refractivity contribution in [1.82, 2.24) is 15.7 Å². The number of esters is 1. The highest BCUT2D eigenvalue weighted by atomic mass is 32.3. The highest BCUT2D eigenvalue weighted by Crippen LogP contribution is 2.39. The van der Waals surface area contributed by atoms with Crippen LogP contribution in [-0.2, 0) is 21.6 Å². The second-order valence-electron chi connectivity index (χ2n) is 7.04. The van der Waals surface area contributed by atoms with Gasteiger partial charge in [0.05, 0.1) is 5.69 Å². The second-order valence-corrected chi connectivity index (χ2v) is 9.21. The van der Waals surface area contributed by atoms with Crippen LogP contribution in [0.4, 0.5) is 47.7 Å². The fourth-order valence-corrected chi connectivity index (χ4v) is 3.94. The van der Waals surface area contributed by atoms with E-state index in [9.17, 15) is 38.8 Å². The first-order valence-corrected chi connectivity index (χ1v) is 13.5. The number of rotatable bonds is 8.